The lowest BCUT2D eigenvalue weighted by molar-refractivity contribution is -0.121. The molecule has 0 saturated carbocycles. The van der Waals surface area contributed by atoms with E-state index < -0.39 is 0 Å². The van der Waals surface area contributed by atoms with Crippen molar-refractivity contribution in [1.29, 1.82) is 0 Å². The number of amides is 2. The first-order chi connectivity index (χ1) is 14.1. The molecule has 1 aromatic carbocycles. The van der Waals surface area contributed by atoms with Gasteiger partial charge in [0.25, 0.3) is 5.91 Å². The second-order valence-corrected chi connectivity index (χ2v) is 7.36. The smallest absolute Gasteiger partial charge is 0.271 e. The van der Waals surface area contributed by atoms with Crippen LogP contribution in [-0.2, 0) is 4.79 Å². The molecule has 0 aliphatic carbocycles. The van der Waals surface area contributed by atoms with Gasteiger partial charge in [-0.2, -0.15) is 5.10 Å². The molecule has 3 heterocycles. The third-order valence-electron chi connectivity index (χ3n) is 5.13. The highest BCUT2D eigenvalue weighted by atomic mass is 16.2. The Morgan fingerprint density at radius 2 is 2.10 bits per heavy atom. The molecule has 1 saturated heterocycles. The van der Waals surface area contributed by atoms with E-state index in [1.807, 2.05) is 43.3 Å². The van der Waals surface area contributed by atoms with Crippen LogP contribution < -0.4 is 5.32 Å². The van der Waals surface area contributed by atoms with Crippen molar-refractivity contribution in [1.82, 2.24) is 20.1 Å². The first kappa shape index (κ1) is 18.9. The number of aromatic nitrogens is 3. The van der Waals surface area contributed by atoms with Gasteiger partial charge in [-0.1, -0.05) is 12.1 Å². The molecule has 2 amide bonds. The van der Waals surface area contributed by atoms with E-state index in [0.717, 1.165) is 29.7 Å². The summed E-state index contributed by atoms with van der Waals surface area (Å²) in [7, 11) is 0. The van der Waals surface area contributed by atoms with Crippen LogP contribution in [0.4, 0.5) is 5.69 Å². The van der Waals surface area contributed by atoms with Gasteiger partial charge in [-0.3, -0.25) is 19.7 Å². The molecule has 148 valence electrons. The molecule has 29 heavy (non-hydrogen) atoms. The number of likely N-dealkylation sites (tertiary alicyclic amines) is 1. The average Bonchev–Trinajstić information content (AvgIpc) is 3.24. The number of carbonyl (C=O) groups is 2. The zero-order valence-corrected chi connectivity index (χ0v) is 16.3. The van der Waals surface area contributed by atoms with Gasteiger partial charge in [-0.25, -0.2) is 0 Å². The number of rotatable bonds is 4. The number of hydrogen-bond acceptors (Lipinski definition) is 4. The molecule has 1 fully saturated rings. The minimum absolute atomic E-state index is 0.0474. The van der Waals surface area contributed by atoms with E-state index in [1.54, 1.807) is 23.4 Å². The van der Waals surface area contributed by atoms with E-state index in [1.165, 1.54) is 0 Å². The van der Waals surface area contributed by atoms with Gasteiger partial charge >= 0.3 is 0 Å². The van der Waals surface area contributed by atoms with E-state index in [2.05, 4.69) is 20.5 Å². The van der Waals surface area contributed by atoms with Crippen LogP contribution in [0.5, 0.6) is 0 Å². The minimum Gasteiger partial charge on any atom is -0.337 e. The maximum Gasteiger partial charge on any atom is 0.271 e. The molecule has 2 N–H and O–H groups in total. The van der Waals surface area contributed by atoms with E-state index in [9.17, 15) is 9.59 Å². The van der Waals surface area contributed by atoms with E-state index in [4.69, 9.17) is 0 Å². The maximum atomic E-state index is 12.9. The lowest BCUT2D eigenvalue weighted by Crippen LogP contribution is -2.43. The normalized spacial score (nSPS) is 16.4. The van der Waals surface area contributed by atoms with Crippen molar-refractivity contribution in [2.24, 2.45) is 5.92 Å². The van der Waals surface area contributed by atoms with Gasteiger partial charge in [0.05, 0.1) is 11.6 Å². The molecule has 0 spiro atoms. The van der Waals surface area contributed by atoms with Crippen molar-refractivity contribution in [3.63, 3.8) is 0 Å². The van der Waals surface area contributed by atoms with E-state index in [-0.39, 0.29) is 17.7 Å². The van der Waals surface area contributed by atoms with Gasteiger partial charge in [0.15, 0.2) is 0 Å². The average molecular weight is 389 g/mol. The fourth-order valence-electron chi connectivity index (χ4n) is 3.61. The van der Waals surface area contributed by atoms with Crippen molar-refractivity contribution in [2.75, 3.05) is 18.4 Å². The van der Waals surface area contributed by atoms with Gasteiger partial charge in [0.1, 0.15) is 5.69 Å². The number of H-pyrrole nitrogens is 1. The highest BCUT2D eigenvalue weighted by Crippen LogP contribution is 2.22. The first-order valence-corrected chi connectivity index (χ1v) is 9.73. The van der Waals surface area contributed by atoms with Crippen LogP contribution in [0.25, 0.3) is 11.3 Å². The van der Waals surface area contributed by atoms with Crippen LogP contribution in [-0.4, -0.2) is 45.0 Å². The molecule has 1 unspecified atom stereocenters. The van der Waals surface area contributed by atoms with Crippen molar-refractivity contribution in [3.8, 4) is 11.3 Å². The van der Waals surface area contributed by atoms with Crippen LogP contribution in [0, 0.1) is 12.8 Å². The molecule has 3 aromatic rings. The molecular formula is C22H23N5O2. The zero-order chi connectivity index (χ0) is 20.2. The molecule has 7 nitrogen and oxygen atoms in total. The molecule has 2 aromatic heterocycles. The zero-order valence-electron chi connectivity index (χ0n) is 16.3. The number of nitrogens with zero attached hydrogens (tertiary/aromatic N) is 3. The van der Waals surface area contributed by atoms with Crippen LogP contribution in [0.3, 0.4) is 0 Å². The van der Waals surface area contributed by atoms with Crippen LogP contribution in [0.1, 0.15) is 28.9 Å². The fraction of sp³-hybridized carbons (Fsp3) is 0.273. The Balaban J connectivity index is 1.42. The predicted molar refractivity (Wildman–Crippen MR) is 110 cm³/mol. The summed E-state index contributed by atoms with van der Waals surface area (Å²) < 4.78 is 0. The number of pyridine rings is 1. The fourth-order valence-corrected chi connectivity index (χ4v) is 3.61. The molecule has 4 rings (SSSR count). The summed E-state index contributed by atoms with van der Waals surface area (Å²) in [6, 6.07) is 13.2. The van der Waals surface area contributed by atoms with Crippen molar-refractivity contribution >= 4 is 17.5 Å². The Labute approximate surface area is 169 Å². The van der Waals surface area contributed by atoms with Crippen molar-refractivity contribution in [2.45, 2.75) is 19.8 Å². The standard InChI is InChI=1S/C22H23N5O2/c1-15-5-2-8-18(11-15)24-21(28)17-7-4-10-27(14-17)22(29)20-12-19(25-26-20)16-6-3-9-23-13-16/h2-3,5-6,8-9,11-13,17H,4,7,10,14H2,1H3,(H,24,28)(H,25,26). The number of piperidine rings is 1. The molecule has 0 radical (unpaired) electrons. The molecule has 1 aliphatic rings. The van der Waals surface area contributed by atoms with E-state index >= 15 is 0 Å². The molecule has 1 aliphatic heterocycles. The molecule has 1 atom stereocenters. The molecule has 7 heteroatoms. The number of hydrogen-bond donors (Lipinski definition) is 2. The highest BCUT2D eigenvalue weighted by Gasteiger charge is 2.29. The monoisotopic (exact) mass is 389 g/mol. The SMILES string of the molecule is Cc1cccc(NC(=O)C2CCCN(C(=O)c3cc(-c4cccnc4)n[nH]3)C2)c1. The van der Waals surface area contributed by atoms with Gasteiger partial charge < -0.3 is 10.2 Å². The summed E-state index contributed by atoms with van der Waals surface area (Å²) in [4.78, 5) is 31.4. The Kier molecular flexibility index (Phi) is 5.37. The Hall–Kier alpha value is -3.48. The summed E-state index contributed by atoms with van der Waals surface area (Å²) in [5.74, 6) is -0.414. The topological polar surface area (TPSA) is 91.0 Å². The minimum atomic E-state index is -0.228. The third-order valence-corrected chi connectivity index (χ3v) is 5.13. The van der Waals surface area contributed by atoms with Gasteiger partial charge in [0, 0.05) is 36.7 Å². The van der Waals surface area contributed by atoms with Gasteiger partial charge in [-0.05, 0) is 55.7 Å². The largest absolute Gasteiger partial charge is 0.337 e. The number of aryl methyl sites for hydroxylation is 1. The van der Waals surface area contributed by atoms with Crippen molar-refractivity contribution < 1.29 is 9.59 Å². The summed E-state index contributed by atoms with van der Waals surface area (Å²) in [6.07, 6.45) is 4.96. The number of anilines is 1. The Bertz CT molecular complexity index is 1010. The van der Waals surface area contributed by atoms with E-state index in [0.29, 0.717) is 24.5 Å². The van der Waals surface area contributed by atoms with Crippen LogP contribution in [0.15, 0.2) is 54.9 Å². The summed E-state index contributed by atoms with van der Waals surface area (Å²) in [5.41, 5.74) is 3.81. The maximum absolute atomic E-state index is 12.9. The quantitative estimate of drug-likeness (QED) is 0.716. The highest BCUT2D eigenvalue weighted by molar-refractivity contribution is 5.95. The van der Waals surface area contributed by atoms with Gasteiger partial charge in [-0.15, -0.1) is 0 Å². The lowest BCUT2D eigenvalue weighted by Gasteiger charge is -2.31. The number of benzene rings is 1. The summed E-state index contributed by atoms with van der Waals surface area (Å²) in [5, 5.41) is 10.0. The number of nitrogens with one attached hydrogen (secondary N) is 2. The van der Waals surface area contributed by atoms with Crippen LogP contribution in [0.2, 0.25) is 0 Å². The predicted octanol–water partition coefficient (Wildman–Crippen LogP) is 3.27. The first-order valence-electron chi connectivity index (χ1n) is 9.73. The molecule has 0 bridgehead atoms. The Morgan fingerprint density at radius 1 is 1.21 bits per heavy atom. The van der Waals surface area contributed by atoms with Crippen molar-refractivity contribution in [3.05, 3.63) is 66.1 Å². The van der Waals surface area contributed by atoms with Crippen LogP contribution >= 0.6 is 0 Å². The number of carbonyl (C=O) groups excluding carboxylic acids is 2. The summed E-state index contributed by atoms with van der Waals surface area (Å²) >= 11 is 0. The summed E-state index contributed by atoms with van der Waals surface area (Å²) in [6.45, 7) is 3.02. The Morgan fingerprint density at radius 3 is 2.90 bits per heavy atom. The second-order valence-electron chi connectivity index (χ2n) is 7.36. The van der Waals surface area contributed by atoms with Gasteiger partial charge in [0.2, 0.25) is 5.91 Å². The lowest BCUT2D eigenvalue weighted by atomic mass is 9.96. The molecular weight excluding hydrogens is 366 g/mol. The second kappa shape index (κ2) is 8.26. The number of aromatic amines is 1. The third kappa shape index (κ3) is 4.34.